The molecule has 2 aromatic heterocycles. The monoisotopic (exact) mass is 281 g/mol. The summed E-state index contributed by atoms with van der Waals surface area (Å²) in [6.45, 7) is 5.53. The van der Waals surface area contributed by atoms with Crippen LogP contribution in [0.2, 0.25) is 5.02 Å². The number of hydrogen-bond donors (Lipinski definition) is 1. The van der Waals surface area contributed by atoms with E-state index >= 15 is 0 Å². The Morgan fingerprint density at radius 1 is 1.26 bits per heavy atom. The summed E-state index contributed by atoms with van der Waals surface area (Å²) in [5, 5.41) is 12.9. The van der Waals surface area contributed by atoms with Crippen LogP contribution in [0.3, 0.4) is 0 Å². The Bertz CT molecular complexity index is 570. The van der Waals surface area contributed by atoms with Gasteiger partial charge in [0.2, 0.25) is 0 Å². The molecule has 0 fully saturated rings. The van der Waals surface area contributed by atoms with E-state index in [-0.39, 0.29) is 0 Å². The van der Waals surface area contributed by atoms with Crippen molar-refractivity contribution >= 4 is 11.6 Å². The molecule has 5 nitrogen and oxygen atoms in total. The number of hydrogen-bond acceptors (Lipinski definition) is 3. The van der Waals surface area contributed by atoms with Crippen molar-refractivity contribution in [3.63, 3.8) is 0 Å². The van der Waals surface area contributed by atoms with Crippen LogP contribution in [0.15, 0.2) is 6.20 Å². The minimum Gasteiger partial charge on any atom is -0.307 e. The quantitative estimate of drug-likeness (QED) is 0.911. The Labute approximate surface area is 118 Å². The molecule has 19 heavy (non-hydrogen) atoms. The number of nitrogens with zero attached hydrogens (tertiary/aromatic N) is 4. The second kappa shape index (κ2) is 5.75. The van der Waals surface area contributed by atoms with Crippen LogP contribution in [0.25, 0.3) is 0 Å². The van der Waals surface area contributed by atoms with Crippen LogP contribution >= 0.6 is 11.6 Å². The van der Waals surface area contributed by atoms with Crippen molar-refractivity contribution in [2.45, 2.75) is 33.4 Å². The van der Waals surface area contributed by atoms with Crippen LogP contribution < -0.4 is 5.32 Å². The van der Waals surface area contributed by atoms with Gasteiger partial charge in [-0.05, 0) is 13.3 Å². The van der Waals surface area contributed by atoms with Gasteiger partial charge in [0.1, 0.15) is 0 Å². The molecular formula is C13H20ClN5. The first kappa shape index (κ1) is 14.1. The van der Waals surface area contributed by atoms with Crippen molar-refractivity contribution in [2.24, 2.45) is 14.1 Å². The maximum Gasteiger partial charge on any atom is 0.0860 e. The molecule has 2 rings (SSSR count). The Balaban J connectivity index is 2.00. The average molecular weight is 282 g/mol. The third-order valence-corrected chi connectivity index (χ3v) is 3.69. The van der Waals surface area contributed by atoms with Crippen molar-refractivity contribution in [1.29, 1.82) is 0 Å². The summed E-state index contributed by atoms with van der Waals surface area (Å²) in [5.41, 5.74) is 4.26. The highest BCUT2D eigenvalue weighted by Gasteiger charge is 2.11. The van der Waals surface area contributed by atoms with E-state index in [1.807, 2.05) is 30.4 Å². The van der Waals surface area contributed by atoms with Crippen LogP contribution in [0.5, 0.6) is 0 Å². The predicted molar refractivity (Wildman–Crippen MR) is 76.1 cm³/mol. The van der Waals surface area contributed by atoms with Crippen LogP contribution in [-0.2, 0) is 33.6 Å². The third-order valence-electron chi connectivity index (χ3n) is 3.20. The lowest BCUT2D eigenvalue weighted by Gasteiger charge is -2.05. The number of aryl methyl sites for hydroxylation is 4. The number of aromatic nitrogens is 4. The minimum atomic E-state index is 0.703. The lowest BCUT2D eigenvalue weighted by atomic mass is 10.2. The largest absolute Gasteiger partial charge is 0.307 e. The normalized spacial score (nSPS) is 11.2. The standard InChI is InChI=1S/C13H20ClN5/c1-5-11-10(8-18(3)17-11)6-15-7-12-13(14)9(2)16-19(12)4/h8,15H,5-7H2,1-4H3. The summed E-state index contributed by atoms with van der Waals surface area (Å²) < 4.78 is 3.69. The number of nitrogens with one attached hydrogen (secondary N) is 1. The van der Waals surface area contributed by atoms with E-state index in [1.165, 1.54) is 5.56 Å². The molecule has 104 valence electrons. The molecular weight excluding hydrogens is 262 g/mol. The van der Waals surface area contributed by atoms with Crippen LogP contribution in [0.4, 0.5) is 0 Å². The molecule has 0 saturated heterocycles. The Kier molecular flexibility index (Phi) is 4.27. The molecule has 0 amide bonds. The molecule has 2 aromatic rings. The highest BCUT2D eigenvalue weighted by atomic mass is 35.5. The van der Waals surface area contributed by atoms with Crippen molar-refractivity contribution in [3.05, 3.63) is 33.9 Å². The van der Waals surface area contributed by atoms with E-state index in [1.54, 1.807) is 0 Å². The van der Waals surface area contributed by atoms with Gasteiger partial charge >= 0.3 is 0 Å². The zero-order valence-electron chi connectivity index (χ0n) is 11.9. The van der Waals surface area contributed by atoms with E-state index in [2.05, 4.69) is 28.6 Å². The molecule has 0 radical (unpaired) electrons. The SMILES string of the molecule is CCc1nn(C)cc1CNCc1c(Cl)c(C)nn1C. The maximum absolute atomic E-state index is 6.22. The predicted octanol–water partition coefficient (Wildman–Crippen LogP) is 1.97. The van der Waals surface area contributed by atoms with Crippen LogP contribution in [-0.4, -0.2) is 19.6 Å². The van der Waals surface area contributed by atoms with E-state index in [4.69, 9.17) is 11.6 Å². The van der Waals surface area contributed by atoms with Gasteiger partial charge in [0.25, 0.3) is 0 Å². The molecule has 0 aliphatic heterocycles. The molecule has 6 heteroatoms. The van der Waals surface area contributed by atoms with Crippen LogP contribution in [0.1, 0.15) is 29.6 Å². The molecule has 0 atom stereocenters. The fourth-order valence-corrected chi connectivity index (χ4v) is 2.44. The molecule has 0 unspecified atom stereocenters. The van der Waals surface area contributed by atoms with Crippen molar-refractivity contribution in [3.8, 4) is 0 Å². The van der Waals surface area contributed by atoms with Gasteiger partial charge in [-0.1, -0.05) is 18.5 Å². The van der Waals surface area contributed by atoms with E-state index < -0.39 is 0 Å². The fourth-order valence-electron chi connectivity index (χ4n) is 2.22. The minimum absolute atomic E-state index is 0.703. The second-order valence-corrected chi connectivity index (χ2v) is 5.08. The topological polar surface area (TPSA) is 47.7 Å². The maximum atomic E-state index is 6.22. The fraction of sp³-hybridized carbons (Fsp3) is 0.538. The summed E-state index contributed by atoms with van der Waals surface area (Å²) in [4.78, 5) is 0. The summed E-state index contributed by atoms with van der Waals surface area (Å²) in [7, 11) is 3.86. The highest BCUT2D eigenvalue weighted by Crippen LogP contribution is 2.19. The third kappa shape index (κ3) is 2.98. The van der Waals surface area contributed by atoms with Gasteiger partial charge < -0.3 is 5.32 Å². The first-order valence-corrected chi connectivity index (χ1v) is 6.80. The van der Waals surface area contributed by atoms with E-state index in [0.717, 1.165) is 35.1 Å². The molecule has 0 bridgehead atoms. The van der Waals surface area contributed by atoms with Gasteiger partial charge in [0.15, 0.2) is 0 Å². The van der Waals surface area contributed by atoms with Gasteiger partial charge in [0, 0.05) is 38.9 Å². The summed E-state index contributed by atoms with van der Waals surface area (Å²) in [5.74, 6) is 0. The van der Waals surface area contributed by atoms with Gasteiger partial charge in [-0.2, -0.15) is 10.2 Å². The molecule has 2 heterocycles. The number of halogens is 1. The molecule has 0 saturated carbocycles. The zero-order valence-corrected chi connectivity index (χ0v) is 12.6. The molecule has 0 spiro atoms. The van der Waals surface area contributed by atoms with E-state index in [0.29, 0.717) is 6.54 Å². The summed E-state index contributed by atoms with van der Waals surface area (Å²) >= 11 is 6.22. The smallest absolute Gasteiger partial charge is 0.0860 e. The Morgan fingerprint density at radius 3 is 2.58 bits per heavy atom. The van der Waals surface area contributed by atoms with Gasteiger partial charge in [-0.3, -0.25) is 9.36 Å². The van der Waals surface area contributed by atoms with Gasteiger partial charge in [0.05, 0.1) is 22.1 Å². The molecule has 1 N–H and O–H groups in total. The first-order valence-electron chi connectivity index (χ1n) is 6.43. The van der Waals surface area contributed by atoms with Gasteiger partial charge in [-0.15, -0.1) is 0 Å². The lowest BCUT2D eigenvalue weighted by molar-refractivity contribution is 0.622. The highest BCUT2D eigenvalue weighted by molar-refractivity contribution is 6.31. The zero-order chi connectivity index (χ0) is 14.0. The van der Waals surface area contributed by atoms with Gasteiger partial charge in [-0.25, -0.2) is 0 Å². The van der Waals surface area contributed by atoms with E-state index in [9.17, 15) is 0 Å². The second-order valence-electron chi connectivity index (χ2n) is 4.70. The Hall–Kier alpha value is -1.33. The van der Waals surface area contributed by atoms with Crippen molar-refractivity contribution in [2.75, 3.05) is 0 Å². The van der Waals surface area contributed by atoms with Crippen molar-refractivity contribution < 1.29 is 0 Å². The lowest BCUT2D eigenvalue weighted by Crippen LogP contribution is -2.16. The Morgan fingerprint density at radius 2 is 2.00 bits per heavy atom. The van der Waals surface area contributed by atoms with Crippen molar-refractivity contribution in [1.82, 2.24) is 24.9 Å². The molecule has 0 aliphatic carbocycles. The summed E-state index contributed by atoms with van der Waals surface area (Å²) in [6.07, 6.45) is 3.01. The average Bonchev–Trinajstić information content (AvgIpc) is 2.84. The first-order chi connectivity index (χ1) is 9.02. The molecule has 0 aromatic carbocycles. The summed E-state index contributed by atoms with van der Waals surface area (Å²) in [6, 6.07) is 0. The van der Waals surface area contributed by atoms with Crippen LogP contribution in [0, 0.1) is 6.92 Å². The number of rotatable bonds is 5. The molecule has 0 aliphatic rings.